The van der Waals surface area contributed by atoms with Gasteiger partial charge < -0.3 is 24.3 Å². The van der Waals surface area contributed by atoms with Crippen LogP contribution in [-0.4, -0.2) is 74.1 Å². The lowest BCUT2D eigenvalue weighted by atomic mass is 10.1. The van der Waals surface area contributed by atoms with E-state index in [4.69, 9.17) is 25.8 Å². The van der Waals surface area contributed by atoms with E-state index in [0.29, 0.717) is 37.9 Å². The summed E-state index contributed by atoms with van der Waals surface area (Å²) >= 11 is 6.52. The topological polar surface area (TPSA) is 136 Å². The van der Waals surface area contributed by atoms with Crippen LogP contribution in [0.25, 0.3) is 22.4 Å². The van der Waals surface area contributed by atoms with Crippen molar-refractivity contribution in [2.75, 3.05) is 19.5 Å². The third-order valence-corrected chi connectivity index (χ3v) is 8.44. The number of aromatic nitrogens is 3. The van der Waals surface area contributed by atoms with Crippen LogP contribution in [0, 0.1) is 0 Å². The Bertz CT molecular complexity index is 1640. The predicted octanol–water partition coefficient (Wildman–Crippen LogP) is 3.48. The second-order valence-corrected chi connectivity index (χ2v) is 11.8. The van der Waals surface area contributed by atoms with Crippen LogP contribution in [-0.2, 0) is 19.2 Å². The van der Waals surface area contributed by atoms with Crippen molar-refractivity contribution in [3.05, 3.63) is 71.2 Å². The molecular weight excluding hydrogens is 532 g/mol. The van der Waals surface area contributed by atoms with Crippen molar-refractivity contribution in [1.82, 2.24) is 15.0 Å². The Hall–Kier alpha value is -3.35. The van der Waals surface area contributed by atoms with Gasteiger partial charge in [-0.25, -0.2) is 9.19 Å². The number of ether oxygens (including phenoxy) is 3. The number of nitrogens with zero attached hydrogens (tertiary/aromatic N) is 3. The van der Waals surface area contributed by atoms with E-state index in [2.05, 4.69) is 19.3 Å². The minimum atomic E-state index is -2.87. The zero-order chi connectivity index (χ0) is 26.4. The minimum Gasteiger partial charge on any atom is -0.456 e. The van der Waals surface area contributed by atoms with Crippen LogP contribution in [0.1, 0.15) is 10.4 Å². The summed E-state index contributed by atoms with van der Waals surface area (Å²) in [6.07, 6.45) is -0.418. The molecule has 0 spiro atoms. The number of carbonyl (C=O) groups is 1. The maximum Gasteiger partial charge on any atom is 0.296 e. The molecule has 2 fully saturated rings. The maximum atomic E-state index is 12.9. The Morgan fingerprint density at radius 3 is 2.61 bits per heavy atom. The minimum absolute atomic E-state index is 0.207. The molecule has 2 aromatic heterocycles. The molecule has 2 aromatic carbocycles. The predicted molar refractivity (Wildman–Crippen MR) is 140 cm³/mol. The number of aliphatic hydroxyl groups is 1. The lowest BCUT2D eigenvalue weighted by Crippen LogP contribution is -2.34. The van der Waals surface area contributed by atoms with Gasteiger partial charge in [-0.05, 0) is 30.3 Å². The molecule has 1 amide bonds. The third-order valence-electron chi connectivity index (χ3n) is 6.49. The van der Waals surface area contributed by atoms with Crippen LogP contribution >= 0.6 is 11.6 Å². The fourth-order valence-corrected chi connectivity index (χ4v) is 6.00. The zero-order valence-electron chi connectivity index (χ0n) is 20.1. The number of aliphatic hydroxyl groups excluding tert-OH is 1. The van der Waals surface area contributed by atoms with Gasteiger partial charge in [0.1, 0.15) is 18.3 Å². The number of pyridine rings is 1. The number of hydrogen-bond donors (Lipinski definition) is 2. The van der Waals surface area contributed by atoms with E-state index < -0.39 is 33.9 Å². The molecule has 0 aliphatic carbocycles. The summed E-state index contributed by atoms with van der Waals surface area (Å²) in [6.45, 7) is 0.483. The molecule has 0 unspecified atom stereocenters. The van der Waals surface area contributed by atoms with Gasteiger partial charge in [0.2, 0.25) is 0 Å². The quantitative estimate of drug-likeness (QED) is 0.383. The highest BCUT2D eigenvalue weighted by atomic mass is 35.5. The number of hydrogen-bond acceptors (Lipinski definition) is 8. The number of amides is 1. The van der Waals surface area contributed by atoms with Crippen molar-refractivity contribution in [3.63, 3.8) is 0 Å². The van der Waals surface area contributed by atoms with E-state index in [-0.39, 0.29) is 25.3 Å². The van der Waals surface area contributed by atoms with E-state index >= 15 is 0 Å². The molecule has 0 bridgehead atoms. The van der Waals surface area contributed by atoms with Crippen LogP contribution in [0.15, 0.2) is 69.9 Å². The highest BCUT2D eigenvalue weighted by Gasteiger charge is 2.48. The molecule has 4 heterocycles. The fraction of sp³-hybridized carbons (Fsp3) is 0.269. The van der Waals surface area contributed by atoms with Gasteiger partial charge in [-0.3, -0.25) is 4.79 Å². The number of imidazole rings is 1. The number of benzene rings is 2. The number of aromatic amines is 1. The summed E-state index contributed by atoms with van der Waals surface area (Å²) in [5.41, 5.74) is 2.41. The summed E-state index contributed by atoms with van der Waals surface area (Å²) in [7, 11) is -2.87. The Morgan fingerprint density at radius 2 is 1.84 bits per heavy atom. The molecular formula is C26H23ClN4O6S. The van der Waals surface area contributed by atoms with Crippen molar-refractivity contribution >= 4 is 38.4 Å². The molecule has 4 aromatic rings. The Labute approximate surface area is 223 Å². The Kier molecular flexibility index (Phi) is 6.40. The lowest BCUT2D eigenvalue weighted by Gasteiger charge is -2.15. The molecule has 2 N–H and O–H groups in total. The highest BCUT2D eigenvalue weighted by Crippen LogP contribution is 2.32. The summed E-state index contributed by atoms with van der Waals surface area (Å²) in [6, 6.07) is 17.2. The number of H-pyrrole nitrogens is 1. The van der Waals surface area contributed by atoms with Gasteiger partial charge >= 0.3 is 0 Å². The van der Waals surface area contributed by atoms with E-state index in [9.17, 15) is 14.1 Å². The molecule has 12 heteroatoms. The summed E-state index contributed by atoms with van der Waals surface area (Å²) in [5, 5.41) is 10.3. The molecule has 6 rings (SSSR count). The first kappa shape index (κ1) is 25.0. The molecule has 10 nitrogen and oxygen atoms in total. The summed E-state index contributed by atoms with van der Waals surface area (Å²) in [5.74, 6) is -0.576. The number of halogens is 1. The summed E-state index contributed by atoms with van der Waals surface area (Å²) in [4.78, 5) is 25.3. The van der Waals surface area contributed by atoms with Crippen molar-refractivity contribution in [2.24, 2.45) is 4.36 Å². The monoisotopic (exact) mass is 554 g/mol. The molecule has 2 saturated heterocycles. The van der Waals surface area contributed by atoms with E-state index in [1.807, 2.05) is 6.07 Å². The third kappa shape index (κ3) is 4.67. The molecule has 2 aliphatic heterocycles. The van der Waals surface area contributed by atoms with Gasteiger partial charge in [0.25, 0.3) is 11.9 Å². The Balaban J connectivity index is 1.22. The highest BCUT2D eigenvalue weighted by molar-refractivity contribution is 7.93. The zero-order valence-corrected chi connectivity index (χ0v) is 21.7. The average Bonchev–Trinajstić information content (AvgIpc) is 3.60. The first-order valence-electron chi connectivity index (χ1n) is 11.8. The van der Waals surface area contributed by atoms with E-state index in [0.717, 1.165) is 0 Å². The largest absolute Gasteiger partial charge is 0.456 e. The van der Waals surface area contributed by atoms with Crippen molar-refractivity contribution in [2.45, 2.75) is 29.3 Å². The van der Waals surface area contributed by atoms with Crippen molar-refractivity contribution in [1.29, 1.82) is 0 Å². The standard InChI is InChI=1S/C26H23ClN4O6S/c1-38(34,16-5-3-2-4-6-16)31-25(33)15-9-7-14(8-10-15)21-17(27)11-18-24(29-21)30-26(28-18)37-20-13-36-22-19(32)12-35-23(20)22/h2-11,19-20,22-23,32H,12-13H2,1H3,(H,28,29,30)/t19-,20-,22-,23-,38-/m1/s1. The van der Waals surface area contributed by atoms with Crippen LogP contribution in [0.2, 0.25) is 5.02 Å². The fourth-order valence-electron chi connectivity index (χ4n) is 4.55. The normalized spacial score (nSPS) is 24.2. The second-order valence-electron chi connectivity index (χ2n) is 9.14. The number of rotatable bonds is 5. The van der Waals surface area contributed by atoms with Gasteiger partial charge in [-0.1, -0.05) is 41.9 Å². The van der Waals surface area contributed by atoms with Crippen LogP contribution in [0.4, 0.5) is 0 Å². The van der Waals surface area contributed by atoms with Gasteiger partial charge in [0, 0.05) is 22.3 Å². The number of nitrogens with one attached hydrogen (secondary N) is 1. The molecule has 0 saturated carbocycles. The molecule has 5 atom stereocenters. The SMILES string of the molecule is C[S@](=O)(=NC(=O)c1ccc(-c2nc3nc(O[C@@H]4CO[C@H]5[C@@H]4OC[C@H]5O)[nH]c3cc2Cl)cc1)c1ccccc1. The van der Waals surface area contributed by atoms with Crippen LogP contribution < -0.4 is 4.74 Å². The van der Waals surface area contributed by atoms with E-state index in [1.165, 1.54) is 6.26 Å². The van der Waals surface area contributed by atoms with Crippen molar-refractivity contribution < 1.29 is 28.3 Å². The molecule has 0 radical (unpaired) electrons. The van der Waals surface area contributed by atoms with Crippen molar-refractivity contribution in [3.8, 4) is 17.3 Å². The van der Waals surface area contributed by atoms with Gasteiger partial charge in [-0.2, -0.15) is 9.35 Å². The summed E-state index contributed by atoms with van der Waals surface area (Å²) < 4.78 is 34.0. The van der Waals surface area contributed by atoms with Crippen LogP contribution in [0.5, 0.6) is 6.01 Å². The maximum absolute atomic E-state index is 12.9. The van der Waals surface area contributed by atoms with Gasteiger partial charge in [-0.15, -0.1) is 0 Å². The van der Waals surface area contributed by atoms with Crippen LogP contribution in [0.3, 0.4) is 0 Å². The lowest BCUT2D eigenvalue weighted by molar-refractivity contribution is 0.00706. The molecule has 2 aliphatic rings. The Morgan fingerprint density at radius 1 is 1.11 bits per heavy atom. The van der Waals surface area contributed by atoms with Gasteiger partial charge in [0.15, 0.2) is 11.8 Å². The number of fused-ring (bicyclic) bond motifs is 2. The van der Waals surface area contributed by atoms with E-state index in [1.54, 1.807) is 54.6 Å². The first-order chi connectivity index (χ1) is 18.3. The molecule has 196 valence electrons. The van der Waals surface area contributed by atoms with Gasteiger partial charge in [0.05, 0.1) is 39.2 Å². The first-order valence-corrected chi connectivity index (χ1v) is 14.1. The number of carbonyl (C=O) groups excluding carboxylic acids is 1. The molecule has 38 heavy (non-hydrogen) atoms. The second kappa shape index (κ2) is 9.75. The average molecular weight is 555 g/mol. The smallest absolute Gasteiger partial charge is 0.296 e.